The van der Waals surface area contributed by atoms with Gasteiger partial charge in [0, 0.05) is 13.3 Å². The molecule has 0 aliphatic heterocycles. The van der Waals surface area contributed by atoms with Crippen molar-refractivity contribution in [2.45, 2.75) is 13.5 Å². The van der Waals surface area contributed by atoms with Crippen LogP contribution in [0.15, 0.2) is 16.9 Å². The fourth-order valence-corrected chi connectivity index (χ4v) is 1.08. The molecule has 11 heavy (non-hydrogen) atoms. The number of halogens is 1. The molecule has 0 aromatic carbocycles. The van der Waals surface area contributed by atoms with E-state index in [2.05, 4.69) is 27.0 Å². The van der Waals surface area contributed by atoms with Crippen molar-refractivity contribution in [3.63, 3.8) is 0 Å². The molecule has 0 aliphatic carbocycles. The van der Waals surface area contributed by atoms with Gasteiger partial charge in [0.25, 0.3) is 0 Å². The second kappa shape index (κ2) is 3.83. The lowest BCUT2D eigenvalue weighted by Gasteiger charge is -2.01. The number of rotatable bonds is 2. The molecule has 0 fully saturated rings. The van der Waals surface area contributed by atoms with Gasteiger partial charge in [0.05, 0.1) is 6.61 Å². The van der Waals surface area contributed by atoms with Gasteiger partial charge >= 0.3 is 0 Å². The fourth-order valence-electron chi connectivity index (χ4n) is 0.862. The third-order valence-electron chi connectivity index (χ3n) is 1.38. The van der Waals surface area contributed by atoms with Gasteiger partial charge in [-0.2, -0.15) is 0 Å². The van der Waals surface area contributed by atoms with E-state index < -0.39 is 0 Å². The number of aryl methyl sites for hydroxylation is 1. The van der Waals surface area contributed by atoms with Gasteiger partial charge in [0.2, 0.25) is 0 Å². The second-order valence-corrected chi connectivity index (χ2v) is 3.14. The minimum Gasteiger partial charge on any atom is -0.380 e. The summed E-state index contributed by atoms with van der Waals surface area (Å²) in [7, 11) is 1.68. The van der Waals surface area contributed by atoms with Gasteiger partial charge in [-0.25, -0.2) is 4.98 Å². The van der Waals surface area contributed by atoms with Crippen LogP contribution in [0, 0.1) is 6.92 Å². The lowest BCUT2D eigenvalue weighted by atomic mass is 10.2. The largest absolute Gasteiger partial charge is 0.380 e. The zero-order chi connectivity index (χ0) is 8.27. The summed E-state index contributed by atoms with van der Waals surface area (Å²) in [4.78, 5) is 4.13. The Morgan fingerprint density at radius 3 is 2.91 bits per heavy atom. The van der Waals surface area contributed by atoms with E-state index in [1.54, 1.807) is 13.3 Å². The molecule has 0 saturated carbocycles. The van der Waals surface area contributed by atoms with Gasteiger partial charge in [-0.1, -0.05) is 0 Å². The highest BCUT2D eigenvalue weighted by Gasteiger charge is 1.96. The Kier molecular flexibility index (Phi) is 3.02. The van der Waals surface area contributed by atoms with Crippen molar-refractivity contribution in [1.82, 2.24) is 4.98 Å². The summed E-state index contributed by atoms with van der Waals surface area (Å²) < 4.78 is 5.87. The summed E-state index contributed by atoms with van der Waals surface area (Å²) in [5.74, 6) is 0. The molecule has 0 N–H and O–H groups in total. The average molecular weight is 216 g/mol. The molecule has 3 heteroatoms. The minimum atomic E-state index is 0.626. The zero-order valence-corrected chi connectivity index (χ0v) is 8.18. The molecule has 1 rings (SSSR count). The molecule has 0 atom stereocenters. The molecule has 0 radical (unpaired) electrons. The minimum absolute atomic E-state index is 0.626. The van der Waals surface area contributed by atoms with Crippen LogP contribution in [0.3, 0.4) is 0 Å². The lowest BCUT2D eigenvalue weighted by molar-refractivity contribution is 0.184. The van der Waals surface area contributed by atoms with Crippen LogP contribution in [-0.2, 0) is 11.3 Å². The smallest absolute Gasteiger partial charge is 0.108 e. The van der Waals surface area contributed by atoms with Gasteiger partial charge in [-0.05, 0) is 40.0 Å². The van der Waals surface area contributed by atoms with E-state index in [0.29, 0.717) is 6.61 Å². The first kappa shape index (κ1) is 8.68. The Labute approximate surface area is 74.7 Å². The molecule has 1 aromatic rings. The van der Waals surface area contributed by atoms with E-state index in [1.807, 2.05) is 6.92 Å². The van der Waals surface area contributed by atoms with E-state index >= 15 is 0 Å². The van der Waals surface area contributed by atoms with Gasteiger partial charge < -0.3 is 4.74 Å². The van der Waals surface area contributed by atoms with E-state index in [9.17, 15) is 0 Å². The third-order valence-corrected chi connectivity index (χ3v) is 2.21. The van der Waals surface area contributed by atoms with Crippen molar-refractivity contribution in [3.8, 4) is 0 Å². The second-order valence-electron chi connectivity index (χ2n) is 2.38. The van der Waals surface area contributed by atoms with Crippen LogP contribution >= 0.6 is 15.9 Å². The first-order valence-electron chi connectivity index (χ1n) is 3.34. The topological polar surface area (TPSA) is 22.1 Å². The predicted molar refractivity (Wildman–Crippen MR) is 47.4 cm³/mol. The molecular formula is C8H10BrNO. The molecule has 60 valence electrons. The van der Waals surface area contributed by atoms with Crippen molar-refractivity contribution in [2.24, 2.45) is 0 Å². The van der Waals surface area contributed by atoms with E-state index in [0.717, 1.165) is 15.7 Å². The van der Waals surface area contributed by atoms with Crippen molar-refractivity contribution in [3.05, 3.63) is 28.0 Å². The SMILES string of the molecule is COCc1cnc(Br)c(C)c1. The first-order chi connectivity index (χ1) is 5.24. The molecule has 2 nitrogen and oxygen atoms in total. The number of methoxy groups -OCH3 is 1. The Balaban J connectivity index is 2.86. The average Bonchev–Trinajstić information content (AvgIpc) is 1.98. The molecule has 0 unspecified atom stereocenters. The number of hydrogen-bond donors (Lipinski definition) is 0. The Bertz CT molecular complexity index is 250. The zero-order valence-electron chi connectivity index (χ0n) is 6.60. The molecule has 0 spiro atoms. The number of pyridine rings is 1. The van der Waals surface area contributed by atoms with Crippen LogP contribution in [0.5, 0.6) is 0 Å². The monoisotopic (exact) mass is 215 g/mol. The quantitative estimate of drug-likeness (QED) is 0.707. The van der Waals surface area contributed by atoms with Crippen LogP contribution in [0.2, 0.25) is 0 Å². The van der Waals surface area contributed by atoms with Crippen LogP contribution < -0.4 is 0 Å². The van der Waals surface area contributed by atoms with Crippen molar-refractivity contribution in [2.75, 3.05) is 7.11 Å². The van der Waals surface area contributed by atoms with Crippen molar-refractivity contribution >= 4 is 15.9 Å². The lowest BCUT2D eigenvalue weighted by Crippen LogP contribution is -1.90. The summed E-state index contributed by atoms with van der Waals surface area (Å²) in [5, 5.41) is 0. The normalized spacial score (nSPS) is 10.1. The predicted octanol–water partition coefficient (Wildman–Crippen LogP) is 2.30. The Hall–Kier alpha value is -0.410. The fraction of sp³-hybridized carbons (Fsp3) is 0.375. The van der Waals surface area contributed by atoms with E-state index in [4.69, 9.17) is 4.74 Å². The maximum absolute atomic E-state index is 4.97. The highest BCUT2D eigenvalue weighted by atomic mass is 79.9. The number of hydrogen-bond acceptors (Lipinski definition) is 2. The van der Waals surface area contributed by atoms with Gasteiger partial charge in [0.1, 0.15) is 4.60 Å². The van der Waals surface area contributed by atoms with Gasteiger partial charge in [0.15, 0.2) is 0 Å². The summed E-state index contributed by atoms with van der Waals surface area (Å²) >= 11 is 3.33. The first-order valence-corrected chi connectivity index (χ1v) is 4.13. The van der Waals surface area contributed by atoms with Crippen molar-refractivity contribution < 1.29 is 4.74 Å². The van der Waals surface area contributed by atoms with Crippen LogP contribution in [0.4, 0.5) is 0 Å². The number of aromatic nitrogens is 1. The maximum Gasteiger partial charge on any atom is 0.108 e. The van der Waals surface area contributed by atoms with E-state index in [-0.39, 0.29) is 0 Å². The highest BCUT2D eigenvalue weighted by molar-refractivity contribution is 9.10. The standard InChI is InChI=1S/C8H10BrNO/c1-6-3-7(5-11-2)4-10-8(6)9/h3-4H,5H2,1-2H3. The maximum atomic E-state index is 4.97. The van der Waals surface area contributed by atoms with E-state index in [1.165, 1.54) is 0 Å². The molecule has 1 aromatic heterocycles. The molecular weight excluding hydrogens is 206 g/mol. The molecule has 0 amide bonds. The summed E-state index contributed by atoms with van der Waals surface area (Å²) in [6.07, 6.45) is 1.81. The summed E-state index contributed by atoms with van der Waals surface area (Å²) in [5.41, 5.74) is 2.24. The van der Waals surface area contributed by atoms with Crippen LogP contribution in [0.25, 0.3) is 0 Å². The molecule has 0 bridgehead atoms. The van der Waals surface area contributed by atoms with Gasteiger partial charge in [-0.3, -0.25) is 0 Å². The summed E-state index contributed by atoms with van der Waals surface area (Å²) in [6.45, 7) is 2.64. The summed E-state index contributed by atoms with van der Waals surface area (Å²) in [6, 6.07) is 2.06. The van der Waals surface area contributed by atoms with Crippen LogP contribution in [0.1, 0.15) is 11.1 Å². The number of nitrogens with zero attached hydrogens (tertiary/aromatic N) is 1. The molecule has 0 aliphatic rings. The Morgan fingerprint density at radius 2 is 2.36 bits per heavy atom. The molecule has 1 heterocycles. The number of ether oxygens (including phenoxy) is 1. The van der Waals surface area contributed by atoms with Crippen molar-refractivity contribution in [1.29, 1.82) is 0 Å². The van der Waals surface area contributed by atoms with Gasteiger partial charge in [-0.15, -0.1) is 0 Å². The Morgan fingerprint density at radius 1 is 1.64 bits per heavy atom. The highest BCUT2D eigenvalue weighted by Crippen LogP contribution is 2.13. The third kappa shape index (κ3) is 2.27. The van der Waals surface area contributed by atoms with Crippen LogP contribution in [-0.4, -0.2) is 12.1 Å². The molecule has 0 saturated heterocycles.